The summed E-state index contributed by atoms with van der Waals surface area (Å²) >= 11 is 0. The van der Waals surface area contributed by atoms with Gasteiger partial charge in [0.25, 0.3) is 0 Å². The van der Waals surface area contributed by atoms with Gasteiger partial charge in [0.2, 0.25) is 5.76 Å². The van der Waals surface area contributed by atoms with Gasteiger partial charge in [-0.05, 0) is 42.5 Å². The van der Waals surface area contributed by atoms with E-state index in [2.05, 4.69) is 12.2 Å². The van der Waals surface area contributed by atoms with Crippen molar-refractivity contribution in [2.24, 2.45) is 5.92 Å². The zero-order valence-electron chi connectivity index (χ0n) is 12.3. The van der Waals surface area contributed by atoms with Gasteiger partial charge in [-0.25, -0.2) is 4.79 Å². The normalized spacial score (nSPS) is 22.5. The Labute approximate surface area is 124 Å². The number of hydrogen-bond acceptors (Lipinski definition) is 3. The summed E-state index contributed by atoms with van der Waals surface area (Å²) in [5.74, 6) is -0.298. The number of hydrogen-bond donors (Lipinski definition) is 2. The number of carboxylic acid groups (broad SMARTS) is 1. The molecule has 0 amide bonds. The fourth-order valence-corrected chi connectivity index (χ4v) is 3.18. The molecular weight excluding hydrogens is 266 g/mol. The smallest absolute Gasteiger partial charge is 0.371 e. The van der Waals surface area contributed by atoms with Crippen molar-refractivity contribution in [2.45, 2.75) is 45.2 Å². The van der Waals surface area contributed by atoms with Crippen molar-refractivity contribution in [3.8, 4) is 0 Å². The average Bonchev–Trinajstić information content (AvgIpc) is 2.90. The number of carbonyl (C=O) groups is 1. The summed E-state index contributed by atoms with van der Waals surface area (Å²) in [6.07, 6.45) is 5.21. The third-order valence-electron chi connectivity index (χ3n) is 4.47. The summed E-state index contributed by atoms with van der Waals surface area (Å²) in [5.41, 5.74) is 1.79. The molecule has 112 valence electrons. The van der Waals surface area contributed by atoms with Crippen molar-refractivity contribution in [1.82, 2.24) is 5.32 Å². The van der Waals surface area contributed by atoms with Gasteiger partial charge in [0.15, 0.2) is 0 Å². The van der Waals surface area contributed by atoms with Crippen LogP contribution in [0, 0.1) is 5.92 Å². The van der Waals surface area contributed by atoms with Crippen molar-refractivity contribution in [2.75, 3.05) is 0 Å². The molecule has 2 atom stereocenters. The molecule has 2 unspecified atom stereocenters. The van der Waals surface area contributed by atoms with Gasteiger partial charge in [-0.1, -0.05) is 25.8 Å². The number of fused-ring (bicyclic) bond motifs is 1. The van der Waals surface area contributed by atoms with Crippen LogP contribution in [0.15, 0.2) is 28.7 Å². The van der Waals surface area contributed by atoms with E-state index in [4.69, 9.17) is 9.52 Å². The molecule has 2 aromatic rings. The molecule has 1 aromatic carbocycles. The van der Waals surface area contributed by atoms with E-state index in [1.165, 1.54) is 25.7 Å². The molecule has 0 aliphatic heterocycles. The Hall–Kier alpha value is -1.81. The Bertz CT molecular complexity index is 647. The van der Waals surface area contributed by atoms with Crippen molar-refractivity contribution in [3.05, 3.63) is 35.6 Å². The summed E-state index contributed by atoms with van der Waals surface area (Å²) in [7, 11) is 0. The Morgan fingerprint density at radius 3 is 2.90 bits per heavy atom. The van der Waals surface area contributed by atoms with Crippen molar-refractivity contribution in [1.29, 1.82) is 0 Å². The topological polar surface area (TPSA) is 62.5 Å². The molecule has 21 heavy (non-hydrogen) atoms. The fourth-order valence-electron chi connectivity index (χ4n) is 3.18. The maximum Gasteiger partial charge on any atom is 0.371 e. The molecule has 3 rings (SSSR count). The third kappa shape index (κ3) is 3.10. The highest BCUT2D eigenvalue weighted by molar-refractivity contribution is 5.91. The Kier molecular flexibility index (Phi) is 3.97. The summed E-state index contributed by atoms with van der Waals surface area (Å²) in [5, 5.41) is 13.4. The van der Waals surface area contributed by atoms with Crippen LogP contribution in [-0.4, -0.2) is 17.1 Å². The predicted octanol–water partition coefficient (Wildman–Crippen LogP) is 3.80. The lowest BCUT2D eigenvalue weighted by molar-refractivity contribution is 0.0665. The monoisotopic (exact) mass is 287 g/mol. The van der Waals surface area contributed by atoms with E-state index in [-0.39, 0.29) is 5.76 Å². The first-order valence-corrected chi connectivity index (χ1v) is 7.62. The first-order valence-electron chi connectivity index (χ1n) is 7.62. The molecule has 1 aliphatic rings. The predicted molar refractivity (Wildman–Crippen MR) is 81.4 cm³/mol. The highest BCUT2D eigenvalue weighted by Gasteiger charge is 2.20. The fraction of sp³-hybridized carbons (Fsp3) is 0.471. The van der Waals surface area contributed by atoms with E-state index < -0.39 is 5.97 Å². The summed E-state index contributed by atoms with van der Waals surface area (Å²) in [6.45, 7) is 3.13. The lowest BCUT2D eigenvalue weighted by atomic mass is 9.86. The maximum absolute atomic E-state index is 10.9. The SMILES string of the molecule is CC1CCCCC1NCc1ccc2oc(C(=O)O)cc2c1. The van der Waals surface area contributed by atoms with Crippen LogP contribution in [0.25, 0.3) is 11.0 Å². The van der Waals surface area contributed by atoms with Crippen LogP contribution >= 0.6 is 0 Å². The molecule has 1 fully saturated rings. The van der Waals surface area contributed by atoms with E-state index in [9.17, 15) is 4.79 Å². The van der Waals surface area contributed by atoms with Crippen LogP contribution in [0.3, 0.4) is 0 Å². The van der Waals surface area contributed by atoms with Crippen molar-refractivity contribution >= 4 is 16.9 Å². The van der Waals surface area contributed by atoms with Crippen LogP contribution in [-0.2, 0) is 6.54 Å². The maximum atomic E-state index is 10.9. The van der Waals surface area contributed by atoms with Gasteiger partial charge in [0.05, 0.1) is 0 Å². The van der Waals surface area contributed by atoms with E-state index in [1.54, 1.807) is 6.07 Å². The third-order valence-corrected chi connectivity index (χ3v) is 4.47. The van der Waals surface area contributed by atoms with E-state index in [1.807, 2.05) is 18.2 Å². The van der Waals surface area contributed by atoms with Gasteiger partial charge in [0.1, 0.15) is 5.58 Å². The Morgan fingerprint density at radius 2 is 2.14 bits per heavy atom. The highest BCUT2D eigenvalue weighted by Crippen LogP contribution is 2.25. The molecule has 4 heteroatoms. The zero-order chi connectivity index (χ0) is 14.8. The van der Waals surface area contributed by atoms with Crippen LogP contribution in [0.1, 0.15) is 48.7 Å². The van der Waals surface area contributed by atoms with Crippen LogP contribution in [0.5, 0.6) is 0 Å². The number of rotatable bonds is 4. The lowest BCUT2D eigenvalue weighted by Gasteiger charge is -2.29. The summed E-state index contributed by atoms with van der Waals surface area (Å²) < 4.78 is 5.28. The molecule has 1 aliphatic carbocycles. The summed E-state index contributed by atoms with van der Waals surface area (Å²) in [6, 6.07) is 8.03. The molecule has 0 spiro atoms. The molecule has 0 bridgehead atoms. The molecule has 1 aromatic heterocycles. The van der Waals surface area contributed by atoms with Gasteiger partial charge in [0, 0.05) is 18.0 Å². The highest BCUT2D eigenvalue weighted by atomic mass is 16.4. The first-order chi connectivity index (χ1) is 10.1. The average molecular weight is 287 g/mol. The largest absolute Gasteiger partial charge is 0.475 e. The number of furan rings is 1. The van der Waals surface area contributed by atoms with Gasteiger partial charge >= 0.3 is 5.97 Å². The minimum Gasteiger partial charge on any atom is -0.475 e. The number of carboxylic acids is 1. The molecule has 1 saturated carbocycles. The molecule has 1 heterocycles. The Morgan fingerprint density at radius 1 is 1.33 bits per heavy atom. The molecule has 4 nitrogen and oxygen atoms in total. The number of benzene rings is 1. The van der Waals surface area contributed by atoms with Crippen LogP contribution in [0.4, 0.5) is 0 Å². The molecule has 0 saturated heterocycles. The minimum atomic E-state index is -1.03. The van der Waals surface area contributed by atoms with Gasteiger partial charge in [-0.3, -0.25) is 0 Å². The van der Waals surface area contributed by atoms with Crippen molar-refractivity contribution in [3.63, 3.8) is 0 Å². The number of nitrogens with one attached hydrogen (secondary N) is 1. The van der Waals surface area contributed by atoms with Gasteiger partial charge in [-0.2, -0.15) is 0 Å². The van der Waals surface area contributed by atoms with E-state index in [0.717, 1.165) is 23.4 Å². The molecule has 2 N–H and O–H groups in total. The van der Waals surface area contributed by atoms with Crippen LogP contribution < -0.4 is 5.32 Å². The first kappa shape index (κ1) is 14.1. The Balaban J connectivity index is 1.70. The lowest BCUT2D eigenvalue weighted by Crippen LogP contribution is -2.36. The van der Waals surface area contributed by atoms with Crippen molar-refractivity contribution < 1.29 is 14.3 Å². The zero-order valence-corrected chi connectivity index (χ0v) is 12.3. The second-order valence-electron chi connectivity index (χ2n) is 6.04. The minimum absolute atomic E-state index is 0.00369. The standard InChI is InChI=1S/C17H21NO3/c1-11-4-2-3-5-14(11)18-10-12-6-7-15-13(8-12)9-16(21-15)17(19)20/h6-9,11,14,18H,2-5,10H2,1H3,(H,19,20). The van der Waals surface area contributed by atoms with E-state index >= 15 is 0 Å². The second-order valence-corrected chi connectivity index (χ2v) is 6.04. The summed E-state index contributed by atoms with van der Waals surface area (Å²) in [4.78, 5) is 10.9. The van der Waals surface area contributed by atoms with Gasteiger partial charge in [-0.15, -0.1) is 0 Å². The molecular formula is C17H21NO3. The van der Waals surface area contributed by atoms with Gasteiger partial charge < -0.3 is 14.8 Å². The number of aromatic carboxylic acids is 1. The second kappa shape index (κ2) is 5.90. The van der Waals surface area contributed by atoms with E-state index in [0.29, 0.717) is 11.6 Å². The molecule has 0 radical (unpaired) electrons. The van der Waals surface area contributed by atoms with Crippen LogP contribution in [0.2, 0.25) is 0 Å². The quantitative estimate of drug-likeness (QED) is 0.898.